The zero-order valence-corrected chi connectivity index (χ0v) is 15.0. The predicted octanol–water partition coefficient (Wildman–Crippen LogP) is 4.65. The lowest BCUT2D eigenvalue weighted by Gasteiger charge is -2.07. The molecule has 3 rings (SSSR count). The van der Waals surface area contributed by atoms with Gasteiger partial charge >= 0.3 is 0 Å². The fraction of sp³-hybridized carbons (Fsp3) is 0.0588. The molecule has 0 aliphatic carbocycles. The Labute approximate surface area is 158 Å². The van der Waals surface area contributed by atoms with E-state index in [1.165, 1.54) is 6.07 Å². The quantitative estimate of drug-likeness (QED) is 0.630. The fourth-order valence-electron chi connectivity index (χ4n) is 2.09. The van der Waals surface area contributed by atoms with Crippen LogP contribution in [0.4, 0.5) is 0 Å². The highest BCUT2D eigenvalue weighted by Gasteiger charge is 2.16. The lowest BCUT2D eigenvalue weighted by atomic mass is 10.2. The van der Waals surface area contributed by atoms with Gasteiger partial charge in [0.2, 0.25) is 0 Å². The molecule has 0 atom stereocenters. The number of thiocarbonyl (C=S) groups is 1. The number of hydrogen-bond donors (Lipinski definition) is 2. The van der Waals surface area contributed by atoms with E-state index < -0.39 is 5.91 Å². The van der Waals surface area contributed by atoms with Crippen LogP contribution in [0, 0.1) is 0 Å². The molecule has 0 aliphatic heterocycles. The summed E-state index contributed by atoms with van der Waals surface area (Å²) in [5.41, 5.74) is 0.603. The minimum atomic E-state index is -0.471. The third kappa shape index (κ3) is 4.22. The number of halogens is 2. The molecule has 3 aromatic rings. The summed E-state index contributed by atoms with van der Waals surface area (Å²) in [6.07, 6.45) is 1.56. The number of furan rings is 2. The van der Waals surface area contributed by atoms with Crippen LogP contribution in [-0.2, 0) is 6.54 Å². The Bertz CT molecular complexity index is 907. The average Bonchev–Trinajstić information content (AvgIpc) is 3.27. The summed E-state index contributed by atoms with van der Waals surface area (Å²) in [5.74, 6) is 0.772. The third-order valence-electron chi connectivity index (χ3n) is 3.28. The Morgan fingerprint density at radius 1 is 1.12 bits per heavy atom. The van der Waals surface area contributed by atoms with E-state index in [-0.39, 0.29) is 10.9 Å². The second kappa shape index (κ2) is 7.74. The van der Waals surface area contributed by atoms with Crippen molar-refractivity contribution in [3.8, 4) is 11.3 Å². The highest BCUT2D eigenvalue weighted by Crippen LogP contribution is 2.34. The Balaban J connectivity index is 1.64. The van der Waals surface area contributed by atoms with E-state index in [2.05, 4.69) is 10.6 Å². The van der Waals surface area contributed by atoms with Crippen LogP contribution in [0.15, 0.2) is 57.6 Å². The molecular formula is C17H12Cl2N2O3S. The van der Waals surface area contributed by atoms with Crippen molar-refractivity contribution in [2.24, 2.45) is 0 Å². The van der Waals surface area contributed by atoms with Crippen LogP contribution in [0.3, 0.4) is 0 Å². The summed E-state index contributed by atoms with van der Waals surface area (Å²) in [6.45, 7) is 0.369. The molecule has 25 heavy (non-hydrogen) atoms. The Morgan fingerprint density at radius 2 is 1.96 bits per heavy atom. The van der Waals surface area contributed by atoms with Gasteiger partial charge in [-0.2, -0.15) is 0 Å². The molecule has 5 nitrogen and oxygen atoms in total. The molecule has 0 fully saturated rings. The van der Waals surface area contributed by atoms with E-state index in [0.29, 0.717) is 33.7 Å². The van der Waals surface area contributed by atoms with Gasteiger partial charge in [0.1, 0.15) is 11.5 Å². The van der Waals surface area contributed by atoms with Gasteiger partial charge in [0.15, 0.2) is 10.9 Å². The summed E-state index contributed by atoms with van der Waals surface area (Å²) in [7, 11) is 0. The van der Waals surface area contributed by atoms with Gasteiger partial charge in [-0.15, -0.1) is 0 Å². The van der Waals surface area contributed by atoms with Crippen molar-refractivity contribution in [3.63, 3.8) is 0 Å². The van der Waals surface area contributed by atoms with Gasteiger partial charge in [-0.1, -0.05) is 29.3 Å². The Hall–Kier alpha value is -2.28. The summed E-state index contributed by atoms with van der Waals surface area (Å²) in [4.78, 5) is 12.2. The van der Waals surface area contributed by atoms with Crippen molar-refractivity contribution in [3.05, 3.63) is 70.3 Å². The number of nitrogens with one attached hydrogen (secondary N) is 2. The standard InChI is InChI=1S/C17H12Cl2N2O3S/c18-12-5-1-4-11(15(12)19)13-6-7-14(24-13)16(22)21-17(25)20-9-10-3-2-8-23-10/h1-8H,9H2,(H2,20,21,22,25). The zero-order chi connectivity index (χ0) is 17.8. The normalized spacial score (nSPS) is 10.5. The summed E-state index contributed by atoms with van der Waals surface area (Å²) in [6, 6.07) is 11.9. The first-order valence-corrected chi connectivity index (χ1v) is 8.37. The van der Waals surface area contributed by atoms with Gasteiger partial charge in [0, 0.05) is 5.56 Å². The van der Waals surface area contributed by atoms with Crippen LogP contribution in [0.1, 0.15) is 16.3 Å². The molecule has 2 heterocycles. The number of carbonyl (C=O) groups is 1. The summed E-state index contributed by atoms with van der Waals surface area (Å²) in [5, 5.41) is 6.34. The van der Waals surface area contributed by atoms with Crippen molar-refractivity contribution in [2.45, 2.75) is 6.54 Å². The van der Waals surface area contributed by atoms with Gasteiger partial charge in [-0.3, -0.25) is 10.1 Å². The van der Waals surface area contributed by atoms with Crippen molar-refractivity contribution in [1.29, 1.82) is 0 Å². The van der Waals surface area contributed by atoms with Gasteiger partial charge in [-0.05, 0) is 48.6 Å². The Kier molecular flexibility index (Phi) is 5.43. The molecule has 0 radical (unpaired) electrons. The number of benzene rings is 1. The van der Waals surface area contributed by atoms with Gasteiger partial charge in [0.05, 0.1) is 22.9 Å². The number of carbonyl (C=O) groups excluding carboxylic acids is 1. The van der Waals surface area contributed by atoms with Gasteiger partial charge < -0.3 is 14.2 Å². The molecule has 0 bridgehead atoms. The Morgan fingerprint density at radius 3 is 2.72 bits per heavy atom. The minimum absolute atomic E-state index is 0.105. The highest BCUT2D eigenvalue weighted by molar-refractivity contribution is 7.80. The molecule has 0 aliphatic rings. The second-order valence-corrected chi connectivity index (χ2v) is 6.17. The SMILES string of the molecule is O=C(NC(=S)NCc1ccco1)c1ccc(-c2cccc(Cl)c2Cl)o1. The monoisotopic (exact) mass is 394 g/mol. The lowest BCUT2D eigenvalue weighted by Crippen LogP contribution is -2.38. The van der Waals surface area contributed by atoms with E-state index in [9.17, 15) is 4.79 Å². The summed E-state index contributed by atoms with van der Waals surface area (Å²) >= 11 is 17.2. The van der Waals surface area contributed by atoms with E-state index in [1.54, 1.807) is 42.7 Å². The molecule has 128 valence electrons. The lowest BCUT2D eigenvalue weighted by molar-refractivity contribution is 0.0950. The second-order valence-electron chi connectivity index (χ2n) is 4.98. The number of rotatable bonds is 4. The van der Waals surface area contributed by atoms with Crippen molar-refractivity contribution >= 4 is 46.4 Å². The number of amides is 1. The fourth-order valence-corrected chi connectivity index (χ4v) is 2.65. The van der Waals surface area contributed by atoms with E-state index in [0.717, 1.165) is 0 Å². The largest absolute Gasteiger partial charge is 0.467 e. The van der Waals surface area contributed by atoms with E-state index in [4.69, 9.17) is 44.3 Å². The third-order valence-corrected chi connectivity index (χ3v) is 4.34. The van der Waals surface area contributed by atoms with Crippen molar-refractivity contribution in [2.75, 3.05) is 0 Å². The molecule has 0 saturated heterocycles. The predicted molar refractivity (Wildman–Crippen MR) is 99.8 cm³/mol. The minimum Gasteiger partial charge on any atom is -0.467 e. The molecule has 2 N–H and O–H groups in total. The highest BCUT2D eigenvalue weighted by atomic mass is 35.5. The van der Waals surface area contributed by atoms with Crippen LogP contribution in [0.25, 0.3) is 11.3 Å². The molecule has 1 amide bonds. The van der Waals surface area contributed by atoms with Crippen LogP contribution < -0.4 is 10.6 Å². The molecule has 2 aromatic heterocycles. The van der Waals surface area contributed by atoms with Crippen molar-refractivity contribution < 1.29 is 13.6 Å². The summed E-state index contributed by atoms with van der Waals surface area (Å²) < 4.78 is 10.7. The molecule has 8 heteroatoms. The first kappa shape index (κ1) is 17.5. The average molecular weight is 395 g/mol. The van der Waals surface area contributed by atoms with Gasteiger partial charge in [0.25, 0.3) is 5.91 Å². The molecular weight excluding hydrogens is 383 g/mol. The first-order valence-electron chi connectivity index (χ1n) is 7.20. The zero-order valence-electron chi connectivity index (χ0n) is 12.7. The van der Waals surface area contributed by atoms with E-state index in [1.807, 2.05) is 0 Å². The van der Waals surface area contributed by atoms with Crippen LogP contribution in [-0.4, -0.2) is 11.0 Å². The van der Waals surface area contributed by atoms with E-state index >= 15 is 0 Å². The molecule has 0 unspecified atom stereocenters. The molecule has 0 spiro atoms. The maximum Gasteiger partial charge on any atom is 0.293 e. The van der Waals surface area contributed by atoms with Crippen LogP contribution >= 0.6 is 35.4 Å². The maximum absolute atomic E-state index is 12.2. The molecule has 1 aromatic carbocycles. The van der Waals surface area contributed by atoms with Gasteiger partial charge in [-0.25, -0.2) is 0 Å². The van der Waals surface area contributed by atoms with Crippen LogP contribution in [0.5, 0.6) is 0 Å². The van der Waals surface area contributed by atoms with Crippen molar-refractivity contribution in [1.82, 2.24) is 10.6 Å². The van der Waals surface area contributed by atoms with Crippen LogP contribution in [0.2, 0.25) is 10.0 Å². The number of hydrogen-bond acceptors (Lipinski definition) is 4. The topological polar surface area (TPSA) is 67.4 Å². The smallest absolute Gasteiger partial charge is 0.293 e. The maximum atomic E-state index is 12.2. The first-order chi connectivity index (χ1) is 12.0. The molecule has 0 saturated carbocycles.